The maximum Gasteiger partial charge on any atom is 0.0716 e. The molecule has 1 aromatic carbocycles. The van der Waals surface area contributed by atoms with Gasteiger partial charge in [0.2, 0.25) is 0 Å². The highest BCUT2D eigenvalue weighted by atomic mass is 16.5. The van der Waals surface area contributed by atoms with Gasteiger partial charge >= 0.3 is 0 Å². The zero-order chi connectivity index (χ0) is 25.6. The largest absolute Gasteiger partial charge is 0.396 e. The van der Waals surface area contributed by atoms with Crippen LogP contribution in [0.2, 0.25) is 0 Å². The van der Waals surface area contributed by atoms with Crippen LogP contribution in [0.25, 0.3) is 0 Å². The molecule has 0 fully saturated rings. The molecular formula is C27H48O8. The standard InChI is InChI=1S/C27H48O8/c28-15-8-13-25(31)27(23-35-20-10-17-30,26(32)14-9-16-29)22-34-19-7-2-1-6-18-33-21-24-11-4-3-5-12-24/h3-5,11-12,25-26,28-32H,1-2,6-10,13-23H2. The van der Waals surface area contributed by atoms with E-state index in [0.29, 0.717) is 51.9 Å². The topological polar surface area (TPSA) is 129 Å². The normalized spacial score (nSPS) is 15.1. The summed E-state index contributed by atoms with van der Waals surface area (Å²) >= 11 is 0. The second-order valence-electron chi connectivity index (χ2n) is 9.13. The van der Waals surface area contributed by atoms with Crippen molar-refractivity contribution in [2.75, 3.05) is 52.9 Å². The Bertz CT molecular complexity index is 572. The first-order valence-corrected chi connectivity index (χ1v) is 13.1. The number of hydrogen-bond donors (Lipinski definition) is 5. The maximum atomic E-state index is 11.0. The van der Waals surface area contributed by atoms with E-state index in [1.807, 2.05) is 18.2 Å². The van der Waals surface area contributed by atoms with E-state index >= 15 is 0 Å². The fourth-order valence-electron chi connectivity index (χ4n) is 4.01. The lowest BCUT2D eigenvalue weighted by Gasteiger charge is -2.41. The lowest BCUT2D eigenvalue weighted by molar-refractivity contribution is -0.155. The number of hydrogen-bond acceptors (Lipinski definition) is 8. The Labute approximate surface area is 210 Å². The minimum absolute atomic E-state index is 0.000920. The third kappa shape index (κ3) is 13.7. The van der Waals surface area contributed by atoms with Crippen LogP contribution in [0.1, 0.15) is 63.4 Å². The Morgan fingerprint density at radius 2 is 1.09 bits per heavy atom. The zero-order valence-electron chi connectivity index (χ0n) is 21.2. The van der Waals surface area contributed by atoms with E-state index in [2.05, 4.69) is 12.1 Å². The molecule has 2 atom stereocenters. The van der Waals surface area contributed by atoms with Crippen LogP contribution >= 0.6 is 0 Å². The number of rotatable bonds is 24. The van der Waals surface area contributed by atoms with E-state index in [1.54, 1.807) is 0 Å². The molecule has 0 saturated carbocycles. The molecule has 1 aromatic rings. The molecule has 2 unspecified atom stereocenters. The van der Waals surface area contributed by atoms with Crippen LogP contribution in [-0.4, -0.2) is 90.6 Å². The van der Waals surface area contributed by atoms with Crippen LogP contribution in [0, 0.1) is 5.41 Å². The molecule has 0 amide bonds. The van der Waals surface area contributed by atoms with Crippen molar-refractivity contribution in [3.05, 3.63) is 35.9 Å². The lowest BCUT2D eigenvalue weighted by atomic mass is 9.74. The third-order valence-electron chi connectivity index (χ3n) is 6.23. The molecule has 0 aliphatic rings. The molecule has 0 aliphatic carbocycles. The molecule has 0 saturated heterocycles. The van der Waals surface area contributed by atoms with Gasteiger partial charge in [-0.15, -0.1) is 0 Å². The number of aliphatic hydroxyl groups excluding tert-OH is 5. The maximum absolute atomic E-state index is 11.0. The van der Waals surface area contributed by atoms with Gasteiger partial charge < -0.3 is 39.7 Å². The fraction of sp³-hybridized carbons (Fsp3) is 0.778. The monoisotopic (exact) mass is 500 g/mol. The minimum atomic E-state index is -1.06. The number of benzene rings is 1. The highest BCUT2D eigenvalue weighted by Crippen LogP contribution is 2.33. The molecule has 8 nitrogen and oxygen atoms in total. The molecule has 1 rings (SSSR count). The summed E-state index contributed by atoms with van der Waals surface area (Å²) in [5, 5.41) is 49.4. The van der Waals surface area contributed by atoms with Gasteiger partial charge in [0.05, 0.1) is 37.4 Å². The molecule has 8 heteroatoms. The van der Waals surface area contributed by atoms with Crippen molar-refractivity contribution in [1.82, 2.24) is 0 Å². The Hall–Kier alpha value is -1.10. The Kier molecular flexibility index (Phi) is 19.2. The molecule has 204 valence electrons. The summed E-state index contributed by atoms with van der Waals surface area (Å²) in [5.74, 6) is 0. The molecule has 0 bridgehead atoms. The molecular weight excluding hydrogens is 452 g/mol. The molecule has 0 heterocycles. The number of aliphatic hydroxyl groups is 5. The quantitative estimate of drug-likeness (QED) is 0.137. The van der Waals surface area contributed by atoms with Crippen molar-refractivity contribution >= 4 is 0 Å². The van der Waals surface area contributed by atoms with Crippen LogP contribution in [0.15, 0.2) is 30.3 Å². The molecule has 0 spiro atoms. The Morgan fingerprint density at radius 1 is 0.600 bits per heavy atom. The van der Waals surface area contributed by atoms with Gasteiger partial charge in [-0.25, -0.2) is 0 Å². The van der Waals surface area contributed by atoms with Crippen molar-refractivity contribution in [2.45, 2.75) is 76.6 Å². The summed E-state index contributed by atoms with van der Waals surface area (Å²) in [7, 11) is 0. The average molecular weight is 501 g/mol. The van der Waals surface area contributed by atoms with E-state index in [1.165, 1.54) is 5.56 Å². The molecule has 5 N–H and O–H groups in total. The van der Waals surface area contributed by atoms with E-state index in [0.717, 1.165) is 32.3 Å². The Morgan fingerprint density at radius 3 is 1.60 bits per heavy atom. The molecule has 0 aliphatic heterocycles. The van der Waals surface area contributed by atoms with Crippen LogP contribution in [-0.2, 0) is 20.8 Å². The smallest absolute Gasteiger partial charge is 0.0716 e. The van der Waals surface area contributed by atoms with Crippen molar-refractivity contribution in [3.63, 3.8) is 0 Å². The van der Waals surface area contributed by atoms with Gasteiger partial charge in [-0.05, 0) is 50.5 Å². The number of unbranched alkanes of at least 4 members (excludes halogenated alkanes) is 3. The summed E-state index contributed by atoms with van der Waals surface area (Å²) in [6.45, 7) is 2.24. The van der Waals surface area contributed by atoms with Gasteiger partial charge in [0, 0.05) is 39.6 Å². The number of ether oxygens (including phenoxy) is 3. The van der Waals surface area contributed by atoms with E-state index < -0.39 is 17.6 Å². The van der Waals surface area contributed by atoms with E-state index in [9.17, 15) is 20.4 Å². The molecule has 35 heavy (non-hydrogen) atoms. The molecule has 0 aromatic heterocycles. The van der Waals surface area contributed by atoms with E-state index in [4.69, 9.17) is 19.3 Å². The van der Waals surface area contributed by atoms with Crippen molar-refractivity contribution in [2.24, 2.45) is 5.41 Å². The van der Waals surface area contributed by atoms with Gasteiger partial charge in [0.15, 0.2) is 0 Å². The molecule has 0 radical (unpaired) electrons. The van der Waals surface area contributed by atoms with Crippen LogP contribution < -0.4 is 0 Å². The second kappa shape index (κ2) is 21.0. The van der Waals surface area contributed by atoms with Gasteiger partial charge in [0.25, 0.3) is 0 Å². The van der Waals surface area contributed by atoms with E-state index in [-0.39, 0.29) is 33.0 Å². The van der Waals surface area contributed by atoms with Crippen LogP contribution in [0.5, 0.6) is 0 Å². The average Bonchev–Trinajstić information content (AvgIpc) is 2.88. The highest BCUT2D eigenvalue weighted by molar-refractivity contribution is 5.13. The first-order chi connectivity index (χ1) is 17.1. The van der Waals surface area contributed by atoms with Gasteiger partial charge in [-0.3, -0.25) is 0 Å². The summed E-state index contributed by atoms with van der Waals surface area (Å²) < 4.78 is 17.4. The summed E-state index contributed by atoms with van der Waals surface area (Å²) in [6, 6.07) is 10.1. The summed E-state index contributed by atoms with van der Waals surface area (Å²) in [5.41, 5.74) is 0.109. The van der Waals surface area contributed by atoms with Gasteiger partial charge in [-0.1, -0.05) is 43.2 Å². The van der Waals surface area contributed by atoms with Gasteiger partial charge in [0.1, 0.15) is 0 Å². The van der Waals surface area contributed by atoms with Crippen LogP contribution in [0.4, 0.5) is 0 Å². The second-order valence-corrected chi connectivity index (χ2v) is 9.13. The fourth-order valence-corrected chi connectivity index (χ4v) is 4.01. The first-order valence-electron chi connectivity index (χ1n) is 13.1. The summed E-state index contributed by atoms with van der Waals surface area (Å²) in [6.07, 6.45) is 3.89. The predicted octanol–water partition coefficient (Wildman–Crippen LogP) is 2.43. The third-order valence-corrected chi connectivity index (χ3v) is 6.23. The highest BCUT2D eigenvalue weighted by Gasteiger charge is 2.44. The van der Waals surface area contributed by atoms with Crippen molar-refractivity contribution < 1.29 is 39.7 Å². The predicted molar refractivity (Wildman–Crippen MR) is 135 cm³/mol. The SMILES string of the molecule is OCCCOCC(COCCCCCCOCc1ccccc1)(C(O)CCCO)C(O)CCCO. The Balaban J connectivity index is 2.45. The van der Waals surface area contributed by atoms with Crippen LogP contribution in [0.3, 0.4) is 0 Å². The zero-order valence-corrected chi connectivity index (χ0v) is 21.2. The summed E-state index contributed by atoms with van der Waals surface area (Å²) in [4.78, 5) is 0. The minimum Gasteiger partial charge on any atom is -0.396 e. The first kappa shape index (κ1) is 31.9. The van der Waals surface area contributed by atoms with Gasteiger partial charge in [-0.2, -0.15) is 0 Å². The van der Waals surface area contributed by atoms with Crippen molar-refractivity contribution in [3.8, 4) is 0 Å². The van der Waals surface area contributed by atoms with Crippen molar-refractivity contribution in [1.29, 1.82) is 0 Å². The lowest BCUT2D eigenvalue weighted by Crippen LogP contribution is -2.52.